The van der Waals surface area contributed by atoms with Gasteiger partial charge in [0.15, 0.2) is 5.82 Å². The third-order valence-corrected chi connectivity index (χ3v) is 5.54. The molecule has 2 aromatic carbocycles. The van der Waals surface area contributed by atoms with E-state index in [-0.39, 0.29) is 5.91 Å². The molecule has 2 N–H and O–H groups in total. The number of fused-ring (bicyclic) bond motifs is 1. The topological polar surface area (TPSA) is 106 Å². The van der Waals surface area contributed by atoms with Crippen molar-refractivity contribution in [2.75, 3.05) is 17.7 Å². The van der Waals surface area contributed by atoms with Gasteiger partial charge in [-0.25, -0.2) is 4.98 Å². The fourth-order valence-corrected chi connectivity index (χ4v) is 3.77. The Morgan fingerprint density at radius 3 is 2.61 bits per heavy atom. The Kier molecular flexibility index (Phi) is 6.53. The number of hydrogen-bond donors (Lipinski definition) is 2. The van der Waals surface area contributed by atoms with Gasteiger partial charge in [0.2, 0.25) is 0 Å². The third kappa shape index (κ3) is 5.00. The number of aromatic nitrogens is 5. The van der Waals surface area contributed by atoms with E-state index in [2.05, 4.69) is 37.6 Å². The van der Waals surface area contributed by atoms with E-state index in [1.807, 2.05) is 30.3 Å². The number of ether oxygens (including phenoxy) is 1. The average Bonchev–Trinajstić information content (AvgIpc) is 3.35. The second kappa shape index (κ2) is 10.2. The lowest BCUT2D eigenvalue weighted by molar-refractivity contribution is 0.102. The molecule has 180 valence electrons. The maximum absolute atomic E-state index is 12.9. The summed E-state index contributed by atoms with van der Waals surface area (Å²) in [5, 5.41) is 11.0. The number of methoxy groups -OCH3 is 1. The van der Waals surface area contributed by atoms with Gasteiger partial charge in [-0.15, -0.1) is 5.10 Å². The predicted molar refractivity (Wildman–Crippen MR) is 139 cm³/mol. The number of carbonyl (C=O) groups excluding carboxylic acids is 1. The van der Waals surface area contributed by atoms with Crippen LogP contribution in [0.5, 0.6) is 5.75 Å². The maximum Gasteiger partial charge on any atom is 0.255 e. The molecule has 0 saturated carbocycles. The number of hydrogen-bond acceptors (Lipinski definition) is 7. The monoisotopic (exact) mass is 479 g/mol. The Balaban J connectivity index is 1.43. The number of amides is 1. The molecule has 0 fully saturated rings. The number of nitrogens with one attached hydrogen (secondary N) is 2. The molecular formula is C27H25N7O2. The molecule has 0 radical (unpaired) electrons. The van der Waals surface area contributed by atoms with Gasteiger partial charge in [-0.05, 0) is 61.0 Å². The van der Waals surface area contributed by atoms with Gasteiger partial charge in [-0.3, -0.25) is 9.78 Å². The molecule has 3 aromatic heterocycles. The van der Waals surface area contributed by atoms with E-state index in [0.717, 1.165) is 35.5 Å². The van der Waals surface area contributed by atoms with E-state index in [1.165, 1.54) is 0 Å². The fourth-order valence-electron chi connectivity index (χ4n) is 3.77. The Hall–Kier alpha value is -4.79. The minimum atomic E-state index is -0.213. The number of anilines is 3. The largest absolute Gasteiger partial charge is 0.497 e. The SMILES string of the molecule is CCCc1cc(Nc2cccc(C(=O)Nc3ccc(OC)cc3)c2)n2nc(-c3cccnc3)nc2n1. The molecule has 0 bridgehead atoms. The van der Waals surface area contributed by atoms with Gasteiger partial charge < -0.3 is 15.4 Å². The van der Waals surface area contributed by atoms with Crippen molar-refractivity contribution >= 4 is 28.9 Å². The summed E-state index contributed by atoms with van der Waals surface area (Å²) < 4.78 is 6.84. The van der Waals surface area contributed by atoms with Crippen LogP contribution in [-0.2, 0) is 6.42 Å². The van der Waals surface area contributed by atoms with Crippen molar-refractivity contribution in [2.45, 2.75) is 19.8 Å². The normalized spacial score (nSPS) is 10.8. The first-order valence-electron chi connectivity index (χ1n) is 11.6. The molecule has 0 aliphatic carbocycles. The zero-order chi connectivity index (χ0) is 24.9. The van der Waals surface area contributed by atoms with Crippen LogP contribution in [0.3, 0.4) is 0 Å². The van der Waals surface area contributed by atoms with E-state index in [1.54, 1.807) is 60.4 Å². The highest BCUT2D eigenvalue weighted by atomic mass is 16.5. The Labute approximate surface area is 208 Å². The van der Waals surface area contributed by atoms with Crippen molar-refractivity contribution in [2.24, 2.45) is 0 Å². The summed E-state index contributed by atoms with van der Waals surface area (Å²) in [6.45, 7) is 2.11. The van der Waals surface area contributed by atoms with E-state index >= 15 is 0 Å². The molecule has 0 atom stereocenters. The fraction of sp³-hybridized carbons (Fsp3) is 0.148. The summed E-state index contributed by atoms with van der Waals surface area (Å²) in [6, 6.07) is 20.2. The lowest BCUT2D eigenvalue weighted by Gasteiger charge is -2.11. The molecule has 36 heavy (non-hydrogen) atoms. The lowest BCUT2D eigenvalue weighted by atomic mass is 10.1. The number of pyridine rings is 1. The quantitative estimate of drug-likeness (QED) is 0.317. The summed E-state index contributed by atoms with van der Waals surface area (Å²) in [5.74, 6) is 2.26. The van der Waals surface area contributed by atoms with Crippen molar-refractivity contribution < 1.29 is 9.53 Å². The summed E-state index contributed by atoms with van der Waals surface area (Å²) in [6.07, 6.45) is 5.19. The average molecular weight is 480 g/mol. The summed E-state index contributed by atoms with van der Waals surface area (Å²) in [4.78, 5) is 26.3. The highest BCUT2D eigenvalue weighted by Crippen LogP contribution is 2.23. The van der Waals surface area contributed by atoms with Gasteiger partial charge in [0.25, 0.3) is 11.7 Å². The van der Waals surface area contributed by atoms with Crippen molar-refractivity contribution in [3.05, 3.63) is 90.4 Å². The van der Waals surface area contributed by atoms with Crippen LogP contribution in [0.15, 0.2) is 79.1 Å². The van der Waals surface area contributed by atoms with Crippen LogP contribution in [-0.4, -0.2) is 37.6 Å². The Bertz CT molecular complexity index is 1500. The molecule has 1 amide bonds. The highest BCUT2D eigenvalue weighted by Gasteiger charge is 2.14. The maximum atomic E-state index is 12.9. The zero-order valence-corrected chi connectivity index (χ0v) is 20.0. The van der Waals surface area contributed by atoms with Crippen molar-refractivity contribution in [1.29, 1.82) is 0 Å². The number of aryl methyl sites for hydroxylation is 1. The summed E-state index contributed by atoms with van der Waals surface area (Å²) >= 11 is 0. The van der Waals surface area contributed by atoms with Gasteiger partial charge in [0, 0.05) is 46.7 Å². The Morgan fingerprint density at radius 1 is 1.00 bits per heavy atom. The van der Waals surface area contributed by atoms with Crippen molar-refractivity contribution in [1.82, 2.24) is 24.6 Å². The lowest BCUT2D eigenvalue weighted by Crippen LogP contribution is -2.12. The Morgan fingerprint density at radius 2 is 1.86 bits per heavy atom. The molecule has 0 spiro atoms. The molecule has 5 aromatic rings. The highest BCUT2D eigenvalue weighted by molar-refractivity contribution is 6.04. The van der Waals surface area contributed by atoms with Crippen LogP contribution in [0, 0.1) is 0 Å². The second-order valence-electron chi connectivity index (χ2n) is 8.16. The van der Waals surface area contributed by atoms with Crippen LogP contribution in [0.2, 0.25) is 0 Å². The standard InChI is InChI=1S/C27H25N7O2/c1-3-6-21-16-24(34-27(31-21)32-25(33-34)19-8-5-14-28-17-19)29-22-9-4-7-18(15-22)26(35)30-20-10-12-23(36-2)13-11-20/h4-5,7-17,29H,3,6H2,1-2H3,(H,30,35). The van der Waals surface area contributed by atoms with E-state index < -0.39 is 0 Å². The number of nitrogens with zero attached hydrogens (tertiary/aromatic N) is 5. The van der Waals surface area contributed by atoms with Crippen LogP contribution < -0.4 is 15.4 Å². The minimum Gasteiger partial charge on any atom is -0.497 e. The molecule has 0 saturated heterocycles. The molecule has 9 nitrogen and oxygen atoms in total. The zero-order valence-electron chi connectivity index (χ0n) is 20.0. The van der Waals surface area contributed by atoms with Gasteiger partial charge >= 0.3 is 0 Å². The molecule has 0 unspecified atom stereocenters. The molecule has 3 heterocycles. The molecule has 5 rings (SSSR count). The van der Waals surface area contributed by atoms with Gasteiger partial charge in [0.1, 0.15) is 11.6 Å². The molecule has 0 aliphatic rings. The summed E-state index contributed by atoms with van der Waals surface area (Å²) in [7, 11) is 1.60. The second-order valence-corrected chi connectivity index (χ2v) is 8.16. The van der Waals surface area contributed by atoms with E-state index in [4.69, 9.17) is 4.74 Å². The molecule has 0 aliphatic heterocycles. The molecule has 9 heteroatoms. The van der Waals surface area contributed by atoms with Crippen molar-refractivity contribution in [3.63, 3.8) is 0 Å². The van der Waals surface area contributed by atoms with Gasteiger partial charge in [-0.1, -0.05) is 19.4 Å². The van der Waals surface area contributed by atoms with Crippen LogP contribution in [0.1, 0.15) is 29.4 Å². The first-order chi connectivity index (χ1) is 17.6. The summed E-state index contributed by atoms with van der Waals surface area (Å²) in [5.41, 5.74) is 3.66. The van der Waals surface area contributed by atoms with Crippen LogP contribution in [0.25, 0.3) is 17.2 Å². The van der Waals surface area contributed by atoms with Crippen molar-refractivity contribution in [3.8, 4) is 17.1 Å². The van der Waals surface area contributed by atoms with Crippen LogP contribution >= 0.6 is 0 Å². The smallest absolute Gasteiger partial charge is 0.255 e. The number of rotatable bonds is 8. The molecular weight excluding hydrogens is 454 g/mol. The van der Waals surface area contributed by atoms with Gasteiger partial charge in [0.05, 0.1) is 7.11 Å². The van der Waals surface area contributed by atoms with E-state index in [0.29, 0.717) is 28.7 Å². The number of carbonyl (C=O) groups is 1. The minimum absolute atomic E-state index is 0.213. The third-order valence-electron chi connectivity index (χ3n) is 5.54. The predicted octanol–water partition coefficient (Wildman–Crippen LogP) is 5.14. The first-order valence-corrected chi connectivity index (χ1v) is 11.6. The van der Waals surface area contributed by atoms with Crippen LogP contribution in [0.4, 0.5) is 17.2 Å². The number of benzene rings is 2. The first kappa shape index (κ1) is 23.0. The van der Waals surface area contributed by atoms with E-state index in [9.17, 15) is 4.79 Å². The van der Waals surface area contributed by atoms with Gasteiger partial charge in [-0.2, -0.15) is 9.50 Å².